The molecule has 2 amide bonds. The fourth-order valence-electron chi connectivity index (χ4n) is 3.75. The molecule has 0 saturated carbocycles. The Hall–Kier alpha value is -1.25. The molecule has 0 aliphatic carbocycles. The maximum absolute atomic E-state index is 11.9. The van der Waals surface area contributed by atoms with Gasteiger partial charge in [0.25, 0.3) is 0 Å². The Morgan fingerprint density at radius 1 is 0.703 bits per heavy atom. The van der Waals surface area contributed by atoms with Gasteiger partial charge in [-0.25, -0.2) is 0 Å². The van der Waals surface area contributed by atoms with Gasteiger partial charge in [0, 0.05) is 91.6 Å². The van der Waals surface area contributed by atoms with Crippen molar-refractivity contribution in [3.8, 4) is 0 Å². The van der Waals surface area contributed by atoms with Crippen LogP contribution in [0.15, 0.2) is 0 Å². The van der Waals surface area contributed by atoms with E-state index >= 15 is 0 Å². The van der Waals surface area contributed by atoms with E-state index in [1.807, 2.05) is 0 Å². The molecular weight excluding hydrogens is 474 g/mol. The van der Waals surface area contributed by atoms with Gasteiger partial charge >= 0.3 is 0 Å². The van der Waals surface area contributed by atoms with Gasteiger partial charge in [0.1, 0.15) is 21.0 Å². The molecule has 0 saturated heterocycles. The van der Waals surface area contributed by atoms with E-state index in [1.54, 1.807) is 0 Å². The van der Waals surface area contributed by atoms with Gasteiger partial charge in [0.15, 0.2) is 0 Å². The third kappa shape index (κ3) is 24.8. The zero-order valence-electron chi connectivity index (χ0n) is 23.3. The smallest absolute Gasteiger partial charge is 0.229 e. The lowest BCUT2D eigenvalue weighted by Crippen LogP contribution is -2.43. The first-order valence-corrected chi connectivity index (χ1v) is 14.1. The summed E-state index contributed by atoms with van der Waals surface area (Å²) in [5.74, 6) is -0.567. The van der Waals surface area contributed by atoms with Crippen molar-refractivity contribution in [1.29, 1.82) is 0 Å². The van der Waals surface area contributed by atoms with Crippen molar-refractivity contribution in [2.24, 2.45) is 5.73 Å². The van der Waals surface area contributed by atoms with Crippen LogP contribution in [-0.4, -0.2) is 145 Å². The van der Waals surface area contributed by atoms with Gasteiger partial charge in [-0.3, -0.25) is 14.5 Å². The van der Waals surface area contributed by atoms with Crippen molar-refractivity contribution in [2.75, 3.05) is 91.6 Å². The zero-order chi connectivity index (χ0) is 27.6. The van der Waals surface area contributed by atoms with Crippen molar-refractivity contribution >= 4 is 26.4 Å². The Bertz CT molecular complexity index is 541. The monoisotopic (exact) mass is 528 g/mol. The minimum atomic E-state index is -0.363. The summed E-state index contributed by atoms with van der Waals surface area (Å²) < 4.78 is 0. The van der Waals surface area contributed by atoms with E-state index in [2.05, 4.69) is 50.4 Å². The molecule has 0 rings (SSSR count). The molecule has 0 aliphatic heterocycles. The number of carbonyl (C=O) groups is 2. The highest BCUT2D eigenvalue weighted by atomic mass is 16.3. The van der Waals surface area contributed by atoms with Crippen molar-refractivity contribution in [3.63, 3.8) is 0 Å². The van der Waals surface area contributed by atoms with Crippen LogP contribution in [0.2, 0.25) is 26.3 Å². The molecule has 0 radical (unpaired) electrons. The summed E-state index contributed by atoms with van der Waals surface area (Å²) in [5.41, 5.74) is 5.39. The molecule has 216 valence electrons. The van der Waals surface area contributed by atoms with E-state index in [0.717, 1.165) is 73.0 Å². The molecule has 0 spiro atoms. The minimum Gasteiger partial charge on any atom is -0.393 e. The van der Waals surface area contributed by atoms with E-state index in [4.69, 9.17) is 5.73 Å². The molecule has 10 N–H and O–H groups in total. The van der Waals surface area contributed by atoms with Gasteiger partial charge in [-0.05, 0) is 0 Å². The van der Waals surface area contributed by atoms with Crippen LogP contribution in [0.1, 0.15) is 6.42 Å². The van der Waals surface area contributed by atoms with E-state index in [1.165, 1.54) is 0 Å². The van der Waals surface area contributed by atoms with E-state index in [-0.39, 0.29) is 30.4 Å². The maximum atomic E-state index is 11.9. The highest BCUT2D eigenvalue weighted by Crippen LogP contribution is 2.01. The fraction of sp³-hybridized carbons (Fsp3) is 0.913. The Labute approximate surface area is 225 Å². The summed E-state index contributed by atoms with van der Waals surface area (Å²) in [7, 11) is 1.88. The highest BCUT2D eigenvalue weighted by molar-refractivity contribution is 6.33. The molecule has 0 heterocycles. The number of nitrogens with zero attached hydrogens (tertiary/aromatic N) is 1. The Morgan fingerprint density at radius 2 is 1.11 bits per heavy atom. The third-order valence-corrected chi connectivity index (χ3v) is 5.63. The molecule has 14 heteroatoms. The number of aliphatic hydroxyl groups is 2. The Balaban J connectivity index is 3.74. The second kappa shape index (κ2) is 26.4. The Kier molecular flexibility index (Phi) is 25.5. The van der Waals surface area contributed by atoms with Crippen LogP contribution >= 0.6 is 0 Å². The first-order valence-electron chi connectivity index (χ1n) is 14.1. The molecule has 0 aliphatic rings. The summed E-state index contributed by atoms with van der Waals surface area (Å²) in [6.07, 6.45) is 0.641. The number of hydrogen-bond acceptors (Lipinski definition) is 10. The predicted molar refractivity (Wildman–Crippen MR) is 155 cm³/mol. The van der Waals surface area contributed by atoms with E-state index < -0.39 is 0 Å². The van der Waals surface area contributed by atoms with Crippen LogP contribution in [-0.2, 0) is 9.59 Å². The maximum Gasteiger partial charge on any atom is 0.229 e. The van der Waals surface area contributed by atoms with Crippen LogP contribution in [0.4, 0.5) is 0 Å². The normalized spacial score (nSPS) is 12.8. The molecule has 2 atom stereocenters. The molecule has 0 aromatic rings. The lowest BCUT2D eigenvalue weighted by Gasteiger charge is -2.27. The van der Waals surface area contributed by atoms with Crippen LogP contribution in [0.3, 0.4) is 0 Å². The van der Waals surface area contributed by atoms with Gasteiger partial charge in [-0.15, -0.1) is 0 Å². The predicted octanol–water partition coefficient (Wildman–Crippen LogP) is -4.24. The lowest BCUT2D eigenvalue weighted by molar-refractivity contribution is -0.129. The average Bonchev–Trinajstić information content (AvgIpc) is 2.84. The molecular formula is C23H54B2N8O4. The van der Waals surface area contributed by atoms with Gasteiger partial charge in [-0.2, -0.15) is 0 Å². The summed E-state index contributed by atoms with van der Waals surface area (Å²) in [5, 5.41) is 38.8. The van der Waals surface area contributed by atoms with Gasteiger partial charge < -0.3 is 47.8 Å². The minimum absolute atomic E-state index is 0.171. The standard InChI is InChI=1S/C23H54B2N8O4/c1-24-16-20(34)18-33(19-21(35)17-25-2)14-13-30-8-7-29-10-12-32-23(37)15-22(36)31-11-9-28-6-5-27-4-3-26/h20-21,24-25,27-30,34-35H,3-19,26H2,1-2H3,(H,31,36)(H,32,37). The number of carbonyl (C=O) groups excluding carboxylic acids is 2. The molecule has 0 aromatic carbocycles. The number of rotatable bonds is 27. The van der Waals surface area contributed by atoms with Crippen LogP contribution in [0, 0.1) is 0 Å². The number of amides is 2. The molecule has 12 nitrogen and oxygen atoms in total. The van der Waals surface area contributed by atoms with E-state index in [0.29, 0.717) is 45.8 Å². The summed E-state index contributed by atoms with van der Waals surface area (Å²) in [4.78, 5) is 25.8. The third-order valence-electron chi connectivity index (χ3n) is 5.63. The lowest BCUT2D eigenvalue weighted by atomic mass is 9.75. The van der Waals surface area contributed by atoms with Crippen LogP contribution in [0.5, 0.6) is 0 Å². The second-order valence-electron chi connectivity index (χ2n) is 9.31. The van der Waals surface area contributed by atoms with Gasteiger partial charge in [-0.1, -0.05) is 26.3 Å². The average molecular weight is 528 g/mol. The molecule has 0 bridgehead atoms. The first kappa shape index (κ1) is 35.7. The highest BCUT2D eigenvalue weighted by Gasteiger charge is 2.15. The SMILES string of the molecule is CBCC(O)CN(CCNCCNCCNC(=O)CC(=O)NCCNCCNCCN)CC(O)CBC. The first-order chi connectivity index (χ1) is 17.9. The number of hydrogen-bond donors (Lipinski definition) is 9. The van der Waals surface area contributed by atoms with Crippen molar-refractivity contribution in [3.05, 3.63) is 0 Å². The molecule has 0 aromatic heterocycles. The zero-order valence-corrected chi connectivity index (χ0v) is 23.3. The van der Waals surface area contributed by atoms with Gasteiger partial charge in [0.2, 0.25) is 11.8 Å². The van der Waals surface area contributed by atoms with Crippen molar-refractivity contribution < 1.29 is 19.8 Å². The Morgan fingerprint density at radius 3 is 1.54 bits per heavy atom. The fourth-order valence-corrected chi connectivity index (χ4v) is 3.75. The second-order valence-corrected chi connectivity index (χ2v) is 9.31. The summed E-state index contributed by atoms with van der Waals surface area (Å²) in [6.45, 7) is 13.6. The molecule has 2 unspecified atom stereocenters. The van der Waals surface area contributed by atoms with Crippen molar-refractivity contribution in [1.82, 2.24) is 36.8 Å². The van der Waals surface area contributed by atoms with Crippen LogP contribution in [0.25, 0.3) is 0 Å². The summed E-state index contributed by atoms with van der Waals surface area (Å²) in [6, 6.07) is 0. The molecule has 0 fully saturated rings. The summed E-state index contributed by atoms with van der Waals surface area (Å²) >= 11 is 0. The number of nitrogens with one attached hydrogen (secondary N) is 6. The van der Waals surface area contributed by atoms with Crippen LogP contribution < -0.4 is 37.6 Å². The van der Waals surface area contributed by atoms with E-state index in [9.17, 15) is 19.8 Å². The molecule has 37 heavy (non-hydrogen) atoms. The quantitative estimate of drug-likeness (QED) is 0.0289. The van der Waals surface area contributed by atoms with Crippen molar-refractivity contribution in [2.45, 2.75) is 44.9 Å². The number of nitrogens with two attached hydrogens (primary N) is 1. The largest absolute Gasteiger partial charge is 0.393 e. The topological polar surface area (TPSA) is 176 Å². The number of aliphatic hydroxyl groups excluding tert-OH is 2. The van der Waals surface area contributed by atoms with Gasteiger partial charge in [0.05, 0.1) is 12.2 Å².